The molecule has 2 unspecified atom stereocenters. The molecule has 2 heterocycles. The van der Waals surface area contributed by atoms with Gasteiger partial charge in [0.15, 0.2) is 11.6 Å². The van der Waals surface area contributed by atoms with E-state index < -0.39 is 17.8 Å². The van der Waals surface area contributed by atoms with Gasteiger partial charge in [-0.15, -0.1) is 0 Å². The summed E-state index contributed by atoms with van der Waals surface area (Å²) in [7, 11) is 0. The largest absolute Gasteiger partial charge is 0.381 e. The minimum Gasteiger partial charge on any atom is -0.381 e. The molecule has 0 radical (unpaired) electrons. The van der Waals surface area contributed by atoms with E-state index in [1.807, 2.05) is 0 Å². The van der Waals surface area contributed by atoms with Crippen LogP contribution in [0, 0.1) is 17.6 Å². The summed E-state index contributed by atoms with van der Waals surface area (Å²) in [4.78, 5) is 13.6. The van der Waals surface area contributed by atoms with Gasteiger partial charge in [-0.25, -0.2) is 8.78 Å². The zero-order valence-electron chi connectivity index (χ0n) is 10.9. The fraction of sp³-hybridized carbons (Fsp3) is 0.500. The van der Waals surface area contributed by atoms with Gasteiger partial charge in [0.2, 0.25) is 5.91 Å². The Balaban J connectivity index is 1.79. The Hall–Kier alpha value is -1.53. The molecule has 1 N–H and O–H groups in total. The van der Waals surface area contributed by atoms with Crippen LogP contribution in [0.4, 0.5) is 8.78 Å². The first-order valence-corrected chi connectivity index (χ1v) is 6.70. The fourth-order valence-electron chi connectivity index (χ4n) is 2.73. The van der Waals surface area contributed by atoms with Gasteiger partial charge in [-0.05, 0) is 24.1 Å². The van der Waals surface area contributed by atoms with Crippen LogP contribution in [0.1, 0.15) is 18.2 Å². The summed E-state index contributed by atoms with van der Waals surface area (Å²) >= 11 is 0. The number of nitrogens with zero attached hydrogens (tertiary/aromatic N) is 1. The topological polar surface area (TPSA) is 41.6 Å². The van der Waals surface area contributed by atoms with E-state index >= 15 is 0 Å². The third-order valence-corrected chi connectivity index (χ3v) is 3.82. The molecule has 0 aliphatic carbocycles. The van der Waals surface area contributed by atoms with E-state index in [4.69, 9.17) is 4.74 Å². The second-order valence-corrected chi connectivity index (χ2v) is 5.23. The van der Waals surface area contributed by atoms with Crippen molar-refractivity contribution in [2.24, 2.45) is 5.92 Å². The quantitative estimate of drug-likeness (QED) is 0.912. The highest BCUT2D eigenvalue weighted by Gasteiger charge is 2.34. The van der Waals surface area contributed by atoms with Crippen LogP contribution in [0.25, 0.3) is 0 Å². The fourth-order valence-corrected chi connectivity index (χ4v) is 2.73. The maximum Gasteiger partial charge on any atom is 0.238 e. The zero-order valence-corrected chi connectivity index (χ0v) is 10.9. The second-order valence-electron chi connectivity index (χ2n) is 5.23. The summed E-state index contributed by atoms with van der Waals surface area (Å²) in [6, 6.07) is 3.74. The minimum atomic E-state index is -0.896. The molecule has 20 heavy (non-hydrogen) atoms. The van der Waals surface area contributed by atoms with E-state index in [1.54, 1.807) is 4.90 Å². The summed E-state index contributed by atoms with van der Waals surface area (Å²) in [6.45, 7) is 2.16. The van der Waals surface area contributed by atoms with Crippen molar-refractivity contribution in [1.82, 2.24) is 10.2 Å². The van der Waals surface area contributed by atoms with Crippen molar-refractivity contribution in [1.29, 1.82) is 0 Å². The van der Waals surface area contributed by atoms with Gasteiger partial charge in [0.25, 0.3) is 0 Å². The van der Waals surface area contributed by atoms with Gasteiger partial charge in [0.1, 0.15) is 6.17 Å². The SMILES string of the molecule is O=C1CNC(c2ccc(F)c(F)c2)N1CC1CCOC1. The summed E-state index contributed by atoms with van der Waals surface area (Å²) in [5, 5.41) is 3.04. The smallest absolute Gasteiger partial charge is 0.238 e. The van der Waals surface area contributed by atoms with Crippen LogP contribution < -0.4 is 5.32 Å². The van der Waals surface area contributed by atoms with E-state index in [9.17, 15) is 13.6 Å². The Morgan fingerprint density at radius 3 is 2.90 bits per heavy atom. The van der Waals surface area contributed by atoms with Crippen LogP contribution in [0.3, 0.4) is 0 Å². The molecule has 0 spiro atoms. The van der Waals surface area contributed by atoms with E-state index in [-0.39, 0.29) is 12.5 Å². The van der Waals surface area contributed by atoms with Crippen molar-refractivity contribution in [2.45, 2.75) is 12.6 Å². The number of amides is 1. The summed E-state index contributed by atoms with van der Waals surface area (Å²) in [5.41, 5.74) is 0.564. The van der Waals surface area contributed by atoms with Crippen LogP contribution >= 0.6 is 0 Å². The molecule has 0 bridgehead atoms. The maximum atomic E-state index is 13.3. The van der Waals surface area contributed by atoms with E-state index in [0.29, 0.717) is 24.6 Å². The van der Waals surface area contributed by atoms with Gasteiger partial charge in [0, 0.05) is 19.1 Å². The summed E-state index contributed by atoms with van der Waals surface area (Å²) < 4.78 is 31.6. The first kappa shape index (κ1) is 13.5. The molecule has 6 heteroatoms. The van der Waals surface area contributed by atoms with Crippen LogP contribution in [0.2, 0.25) is 0 Å². The Labute approximate surface area is 115 Å². The first-order valence-electron chi connectivity index (χ1n) is 6.70. The number of nitrogens with one attached hydrogen (secondary N) is 1. The number of carbonyl (C=O) groups is 1. The number of carbonyl (C=O) groups excluding carboxylic acids is 1. The lowest BCUT2D eigenvalue weighted by Crippen LogP contribution is -2.35. The highest BCUT2D eigenvalue weighted by molar-refractivity contribution is 5.81. The molecule has 1 aromatic carbocycles. The zero-order chi connectivity index (χ0) is 14.1. The van der Waals surface area contributed by atoms with Crippen LogP contribution in [0.5, 0.6) is 0 Å². The molecule has 2 aliphatic heterocycles. The van der Waals surface area contributed by atoms with Crippen molar-refractivity contribution < 1.29 is 18.3 Å². The van der Waals surface area contributed by atoms with E-state index in [1.165, 1.54) is 6.07 Å². The van der Waals surface area contributed by atoms with E-state index in [0.717, 1.165) is 25.2 Å². The third kappa shape index (κ3) is 2.53. The molecule has 2 aliphatic rings. The summed E-state index contributed by atoms with van der Waals surface area (Å²) in [5.74, 6) is -1.49. The van der Waals surface area contributed by atoms with Gasteiger partial charge in [-0.2, -0.15) is 0 Å². The van der Waals surface area contributed by atoms with Crippen LogP contribution in [-0.2, 0) is 9.53 Å². The molecular weight excluding hydrogens is 266 g/mol. The molecule has 2 atom stereocenters. The highest BCUT2D eigenvalue weighted by atomic mass is 19.2. The number of ether oxygens (including phenoxy) is 1. The average molecular weight is 282 g/mol. The van der Waals surface area contributed by atoms with Gasteiger partial charge < -0.3 is 9.64 Å². The predicted octanol–water partition coefficient (Wildman–Crippen LogP) is 1.43. The number of hydrogen-bond acceptors (Lipinski definition) is 3. The lowest BCUT2D eigenvalue weighted by atomic mass is 10.1. The van der Waals surface area contributed by atoms with Gasteiger partial charge >= 0.3 is 0 Å². The molecule has 0 saturated carbocycles. The van der Waals surface area contributed by atoms with Crippen molar-refractivity contribution in [3.63, 3.8) is 0 Å². The van der Waals surface area contributed by atoms with Crippen LogP contribution in [-0.4, -0.2) is 37.1 Å². The van der Waals surface area contributed by atoms with Crippen LogP contribution in [0.15, 0.2) is 18.2 Å². The molecule has 3 rings (SSSR count). The normalized spacial score (nSPS) is 26.5. The Morgan fingerprint density at radius 2 is 2.20 bits per heavy atom. The minimum absolute atomic E-state index is 0.0216. The Morgan fingerprint density at radius 1 is 1.35 bits per heavy atom. The summed E-state index contributed by atoms with van der Waals surface area (Å²) in [6.07, 6.45) is 0.534. The van der Waals surface area contributed by atoms with Crippen molar-refractivity contribution in [3.05, 3.63) is 35.4 Å². The molecule has 2 fully saturated rings. The van der Waals surface area contributed by atoms with E-state index in [2.05, 4.69) is 5.32 Å². The monoisotopic (exact) mass is 282 g/mol. The van der Waals surface area contributed by atoms with Crippen molar-refractivity contribution >= 4 is 5.91 Å². The first-order chi connectivity index (χ1) is 9.65. The Bertz CT molecular complexity index is 518. The molecule has 0 aromatic heterocycles. The van der Waals surface area contributed by atoms with Gasteiger partial charge in [0.05, 0.1) is 13.2 Å². The number of rotatable bonds is 3. The number of halogens is 2. The molecular formula is C14H16F2N2O2. The molecule has 108 valence electrons. The van der Waals surface area contributed by atoms with Crippen molar-refractivity contribution in [3.8, 4) is 0 Å². The molecule has 1 amide bonds. The molecule has 4 nitrogen and oxygen atoms in total. The Kier molecular flexibility index (Phi) is 3.67. The maximum absolute atomic E-state index is 13.3. The van der Waals surface area contributed by atoms with Gasteiger partial charge in [-0.1, -0.05) is 6.07 Å². The lowest BCUT2D eigenvalue weighted by molar-refractivity contribution is -0.128. The molecule has 1 aromatic rings. The van der Waals surface area contributed by atoms with Gasteiger partial charge in [-0.3, -0.25) is 10.1 Å². The van der Waals surface area contributed by atoms with Crippen molar-refractivity contribution in [2.75, 3.05) is 26.3 Å². The average Bonchev–Trinajstić information content (AvgIpc) is 3.05. The lowest BCUT2D eigenvalue weighted by Gasteiger charge is -2.27. The third-order valence-electron chi connectivity index (χ3n) is 3.82. The number of hydrogen-bond donors (Lipinski definition) is 1. The highest BCUT2D eigenvalue weighted by Crippen LogP contribution is 2.26. The number of benzene rings is 1. The molecule has 2 saturated heterocycles. The standard InChI is InChI=1S/C14H16F2N2O2/c15-11-2-1-10(5-12(11)16)14-17-6-13(19)18(14)7-9-3-4-20-8-9/h1-2,5,9,14,17H,3-4,6-8H2. The predicted molar refractivity (Wildman–Crippen MR) is 67.7 cm³/mol. The second kappa shape index (κ2) is 5.46.